The van der Waals surface area contributed by atoms with Gasteiger partial charge in [0.1, 0.15) is 0 Å². The maximum absolute atomic E-state index is 12.9. The fraction of sp³-hybridized carbons (Fsp3) is 0.375. The van der Waals surface area contributed by atoms with Gasteiger partial charge in [0, 0.05) is 27.5 Å². The summed E-state index contributed by atoms with van der Waals surface area (Å²) < 4.78 is 17.0. The van der Waals surface area contributed by atoms with E-state index in [4.69, 9.17) is 25.8 Å². The number of fused-ring (bicyclic) bond motifs is 1. The first-order valence-corrected chi connectivity index (χ1v) is 11.0. The van der Waals surface area contributed by atoms with E-state index >= 15 is 0 Å². The molecule has 2 aromatic carbocycles. The minimum Gasteiger partial charge on any atom is -0.493 e. The Bertz CT molecular complexity index is 1060. The van der Waals surface area contributed by atoms with E-state index in [2.05, 4.69) is 26.0 Å². The lowest BCUT2D eigenvalue weighted by Gasteiger charge is -2.27. The summed E-state index contributed by atoms with van der Waals surface area (Å²) in [5, 5.41) is 1.40. The molecule has 0 amide bonds. The molecule has 1 unspecified atom stereocenters. The molecular formula is C24H27ClO4S. The molecule has 3 aromatic rings. The molecule has 0 N–H and O–H groups in total. The fourth-order valence-corrected chi connectivity index (χ4v) is 5.32. The molecule has 0 fully saturated rings. The van der Waals surface area contributed by atoms with Gasteiger partial charge < -0.3 is 14.2 Å². The maximum Gasteiger partial charge on any atom is 0.316 e. The predicted octanol–water partition coefficient (Wildman–Crippen LogP) is 6.37. The number of halogens is 1. The zero-order valence-electron chi connectivity index (χ0n) is 18.2. The molecule has 3 rings (SSSR count). The summed E-state index contributed by atoms with van der Waals surface area (Å²) >= 11 is 8.16. The number of benzene rings is 2. The molecule has 0 bridgehead atoms. The standard InChI is InChI=1S/C24H27ClO4S/c1-14(2)15-7-9-16(10-8-15)24(3,23(26)29-6)13-17-11-18-20(30-17)12-19(27-4)22(28-5)21(18)25/h7-12,14H,13H2,1-6H3. The SMILES string of the molecule is COC(=O)C(C)(Cc1cc2c(Cl)c(OC)c(OC)cc2s1)c1ccc(C(C)C)cc1. The highest BCUT2D eigenvalue weighted by atomic mass is 35.5. The Kier molecular flexibility index (Phi) is 6.63. The van der Waals surface area contributed by atoms with Crippen molar-refractivity contribution in [3.63, 3.8) is 0 Å². The van der Waals surface area contributed by atoms with E-state index in [0.29, 0.717) is 28.9 Å². The first kappa shape index (κ1) is 22.4. The van der Waals surface area contributed by atoms with Crippen LogP contribution in [0.1, 0.15) is 42.7 Å². The van der Waals surface area contributed by atoms with E-state index in [1.54, 1.807) is 25.6 Å². The molecule has 0 aliphatic carbocycles. The summed E-state index contributed by atoms with van der Waals surface area (Å²) in [7, 11) is 4.59. The first-order valence-electron chi connectivity index (χ1n) is 9.77. The van der Waals surface area contributed by atoms with Gasteiger partial charge in [0.2, 0.25) is 0 Å². The van der Waals surface area contributed by atoms with Crippen LogP contribution >= 0.6 is 22.9 Å². The van der Waals surface area contributed by atoms with Crippen molar-refractivity contribution in [3.05, 3.63) is 57.4 Å². The van der Waals surface area contributed by atoms with Crippen molar-refractivity contribution < 1.29 is 19.0 Å². The Labute approximate surface area is 186 Å². The molecule has 0 aliphatic heterocycles. The van der Waals surface area contributed by atoms with Crippen LogP contribution in [-0.2, 0) is 21.4 Å². The van der Waals surface area contributed by atoms with Crippen LogP contribution in [0.25, 0.3) is 10.1 Å². The van der Waals surface area contributed by atoms with Crippen LogP contribution in [0, 0.1) is 0 Å². The van der Waals surface area contributed by atoms with Crippen molar-refractivity contribution in [1.82, 2.24) is 0 Å². The Hall–Kier alpha value is -2.24. The third-order valence-electron chi connectivity index (χ3n) is 5.54. The van der Waals surface area contributed by atoms with Crippen molar-refractivity contribution in [2.75, 3.05) is 21.3 Å². The van der Waals surface area contributed by atoms with Crippen molar-refractivity contribution in [2.24, 2.45) is 0 Å². The summed E-state index contributed by atoms with van der Waals surface area (Å²) in [6.07, 6.45) is 0.501. The van der Waals surface area contributed by atoms with Crippen molar-refractivity contribution in [1.29, 1.82) is 0 Å². The van der Waals surface area contributed by atoms with Gasteiger partial charge in [-0.05, 0) is 30.0 Å². The van der Waals surface area contributed by atoms with Gasteiger partial charge in [-0.25, -0.2) is 0 Å². The smallest absolute Gasteiger partial charge is 0.316 e. The summed E-state index contributed by atoms with van der Waals surface area (Å²) in [6, 6.07) is 12.2. The summed E-state index contributed by atoms with van der Waals surface area (Å²) in [6.45, 7) is 6.23. The summed E-state index contributed by atoms with van der Waals surface area (Å²) in [4.78, 5) is 13.9. The van der Waals surface area contributed by atoms with Crippen LogP contribution in [0.5, 0.6) is 11.5 Å². The van der Waals surface area contributed by atoms with Crippen LogP contribution in [0.15, 0.2) is 36.4 Å². The van der Waals surface area contributed by atoms with Crippen LogP contribution < -0.4 is 9.47 Å². The molecule has 0 saturated carbocycles. The number of carbonyl (C=O) groups excluding carboxylic acids is 1. The number of methoxy groups -OCH3 is 3. The number of hydrogen-bond donors (Lipinski definition) is 0. The second-order valence-corrected chi connectivity index (χ2v) is 9.37. The molecule has 1 aromatic heterocycles. The Balaban J connectivity index is 2.06. The Morgan fingerprint density at radius 2 is 1.77 bits per heavy atom. The Morgan fingerprint density at radius 3 is 2.30 bits per heavy atom. The van der Waals surface area contributed by atoms with Gasteiger partial charge in [-0.15, -0.1) is 11.3 Å². The average molecular weight is 447 g/mol. The monoisotopic (exact) mass is 446 g/mol. The molecule has 30 heavy (non-hydrogen) atoms. The molecule has 0 aliphatic rings. The van der Waals surface area contributed by atoms with Crippen molar-refractivity contribution in [3.8, 4) is 11.5 Å². The molecule has 160 valence electrons. The normalized spacial score (nSPS) is 13.3. The van der Waals surface area contributed by atoms with Gasteiger partial charge in [-0.2, -0.15) is 0 Å². The third kappa shape index (κ3) is 4.01. The van der Waals surface area contributed by atoms with Crippen LogP contribution in [0.2, 0.25) is 5.02 Å². The summed E-state index contributed by atoms with van der Waals surface area (Å²) in [5.74, 6) is 1.26. The minimum atomic E-state index is -0.814. The van der Waals surface area contributed by atoms with Crippen molar-refractivity contribution >= 4 is 39.0 Å². The van der Waals surface area contributed by atoms with E-state index in [1.165, 1.54) is 12.7 Å². The zero-order valence-corrected chi connectivity index (χ0v) is 19.7. The van der Waals surface area contributed by atoms with Gasteiger partial charge in [-0.3, -0.25) is 4.79 Å². The Morgan fingerprint density at radius 1 is 1.10 bits per heavy atom. The number of rotatable bonds is 7. The third-order valence-corrected chi connectivity index (χ3v) is 6.99. The highest BCUT2D eigenvalue weighted by Crippen LogP contribution is 2.45. The highest BCUT2D eigenvalue weighted by molar-refractivity contribution is 7.19. The fourth-order valence-electron chi connectivity index (χ4n) is 3.68. The van der Waals surface area contributed by atoms with E-state index in [0.717, 1.165) is 20.5 Å². The minimum absolute atomic E-state index is 0.265. The molecule has 4 nitrogen and oxygen atoms in total. The topological polar surface area (TPSA) is 44.8 Å². The average Bonchev–Trinajstić information content (AvgIpc) is 3.15. The van der Waals surface area contributed by atoms with Crippen LogP contribution in [0.4, 0.5) is 0 Å². The number of carbonyl (C=O) groups is 1. The molecule has 0 spiro atoms. The van der Waals surface area contributed by atoms with Gasteiger partial charge >= 0.3 is 5.97 Å². The quantitative estimate of drug-likeness (QED) is 0.395. The lowest BCUT2D eigenvalue weighted by atomic mass is 9.78. The number of hydrogen-bond acceptors (Lipinski definition) is 5. The van der Waals surface area contributed by atoms with Gasteiger partial charge in [0.25, 0.3) is 0 Å². The second-order valence-electron chi connectivity index (χ2n) is 7.83. The second kappa shape index (κ2) is 8.86. The van der Waals surface area contributed by atoms with E-state index in [1.807, 2.05) is 31.2 Å². The van der Waals surface area contributed by atoms with Crippen molar-refractivity contribution in [2.45, 2.75) is 38.5 Å². The van der Waals surface area contributed by atoms with Crippen LogP contribution in [-0.4, -0.2) is 27.3 Å². The number of thiophene rings is 1. The number of esters is 1. The summed E-state index contributed by atoms with van der Waals surface area (Å²) in [5.41, 5.74) is 1.35. The largest absolute Gasteiger partial charge is 0.493 e. The molecule has 1 atom stereocenters. The molecule has 6 heteroatoms. The lowest BCUT2D eigenvalue weighted by Crippen LogP contribution is -2.35. The van der Waals surface area contributed by atoms with Crippen LogP contribution in [0.3, 0.4) is 0 Å². The molecule has 0 radical (unpaired) electrons. The van der Waals surface area contributed by atoms with E-state index in [-0.39, 0.29) is 5.97 Å². The maximum atomic E-state index is 12.9. The first-order chi connectivity index (χ1) is 14.2. The predicted molar refractivity (Wildman–Crippen MR) is 124 cm³/mol. The molecule has 0 saturated heterocycles. The van der Waals surface area contributed by atoms with E-state index < -0.39 is 5.41 Å². The van der Waals surface area contributed by atoms with Gasteiger partial charge in [0.15, 0.2) is 11.5 Å². The van der Waals surface area contributed by atoms with E-state index in [9.17, 15) is 4.79 Å². The van der Waals surface area contributed by atoms with Gasteiger partial charge in [-0.1, -0.05) is 49.7 Å². The zero-order chi connectivity index (χ0) is 22.1. The molecular weight excluding hydrogens is 420 g/mol. The molecule has 1 heterocycles. The van der Waals surface area contributed by atoms with Gasteiger partial charge in [0.05, 0.1) is 31.8 Å². The number of ether oxygens (including phenoxy) is 3. The highest BCUT2D eigenvalue weighted by Gasteiger charge is 2.37. The lowest BCUT2D eigenvalue weighted by molar-refractivity contribution is -0.146.